The normalized spacial score (nSPS) is 14.9. The van der Waals surface area contributed by atoms with Gasteiger partial charge in [-0.3, -0.25) is 0 Å². The fraction of sp³-hybridized carbons (Fsp3) is 0.350. The molecule has 0 radical (unpaired) electrons. The van der Waals surface area contributed by atoms with E-state index in [2.05, 4.69) is 16.3 Å². The van der Waals surface area contributed by atoms with Crippen molar-refractivity contribution >= 4 is 34.6 Å². The van der Waals surface area contributed by atoms with Crippen LogP contribution in [0.5, 0.6) is 0 Å². The van der Waals surface area contributed by atoms with Crippen LogP contribution in [0.25, 0.3) is 0 Å². The highest BCUT2D eigenvalue weighted by Gasteiger charge is 2.35. The molecule has 2 nitrogen and oxygen atoms in total. The average Bonchev–Trinajstić information content (AvgIpc) is 3.36. The summed E-state index contributed by atoms with van der Waals surface area (Å²) in [5.41, 5.74) is 3.63. The summed E-state index contributed by atoms with van der Waals surface area (Å²) in [5.74, 6) is -0.201. The van der Waals surface area contributed by atoms with Crippen LogP contribution in [0.1, 0.15) is 42.5 Å². The molecule has 1 N–H and O–H groups in total. The number of hydrogen-bond acceptors (Lipinski definition) is 1. The second-order valence-electron chi connectivity index (χ2n) is 6.70. The Balaban J connectivity index is 1.87. The summed E-state index contributed by atoms with van der Waals surface area (Å²) in [6.45, 7) is 6.01. The minimum absolute atomic E-state index is 0.141. The predicted octanol–water partition coefficient (Wildman–Crippen LogP) is 6.02. The molecule has 1 atom stereocenters. The minimum atomic E-state index is -0.201. The summed E-state index contributed by atoms with van der Waals surface area (Å²) >= 11 is 12.1. The van der Waals surface area contributed by atoms with E-state index in [9.17, 15) is 4.39 Å². The van der Waals surface area contributed by atoms with E-state index in [0.29, 0.717) is 21.7 Å². The molecule has 2 aromatic carbocycles. The topological polar surface area (TPSA) is 15.3 Å². The number of hydrogen-bond donors (Lipinski definition) is 1. The highest BCUT2D eigenvalue weighted by atomic mass is 35.5. The van der Waals surface area contributed by atoms with Gasteiger partial charge in [-0.1, -0.05) is 35.9 Å². The molecule has 0 unspecified atom stereocenters. The number of aryl methyl sites for hydroxylation is 2. The van der Waals surface area contributed by atoms with Crippen LogP contribution in [-0.2, 0) is 0 Å². The molecule has 1 saturated carbocycles. The smallest absolute Gasteiger partial charge is 0.174 e. The molecule has 0 heterocycles. The summed E-state index contributed by atoms with van der Waals surface area (Å²) in [6, 6.07) is 11.1. The van der Waals surface area contributed by atoms with Gasteiger partial charge in [-0.15, -0.1) is 0 Å². The summed E-state index contributed by atoms with van der Waals surface area (Å²) in [4.78, 5) is 2.10. The number of anilines is 1. The van der Waals surface area contributed by atoms with Crippen LogP contribution in [0.4, 0.5) is 10.1 Å². The molecule has 1 aliphatic carbocycles. The minimum Gasteiger partial charge on any atom is -0.339 e. The van der Waals surface area contributed by atoms with E-state index >= 15 is 0 Å². The first-order valence-electron chi connectivity index (χ1n) is 8.49. The van der Waals surface area contributed by atoms with Crippen molar-refractivity contribution in [3.8, 4) is 0 Å². The van der Waals surface area contributed by atoms with Gasteiger partial charge in [0.05, 0.1) is 16.8 Å². The Kier molecular flexibility index (Phi) is 5.30. The molecule has 0 spiro atoms. The molecule has 1 fully saturated rings. The van der Waals surface area contributed by atoms with Gasteiger partial charge in [0.15, 0.2) is 5.11 Å². The molecule has 0 bridgehead atoms. The molecule has 1 aliphatic rings. The van der Waals surface area contributed by atoms with Gasteiger partial charge in [-0.2, -0.15) is 0 Å². The molecule has 2 aromatic rings. The molecule has 0 aromatic heterocycles. The highest BCUT2D eigenvalue weighted by molar-refractivity contribution is 7.80. The second kappa shape index (κ2) is 7.30. The zero-order valence-corrected chi connectivity index (χ0v) is 16.2. The maximum atomic E-state index is 14.2. The maximum absolute atomic E-state index is 14.2. The SMILES string of the molecule is Cc1cc(C)c(NC(=S)N(C2CC2)[C@H](C)c2ccccc2F)c(Cl)c1. The Morgan fingerprint density at radius 1 is 1.28 bits per heavy atom. The summed E-state index contributed by atoms with van der Waals surface area (Å²) in [7, 11) is 0. The Labute approximate surface area is 159 Å². The average molecular weight is 377 g/mol. The fourth-order valence-corrected chi connectivity index (χ4v) is 4.00. The number of nitrogens with zero attached hydrogens (tertiary/aromatic N) is 1. The van der Waals surface area contributed by atoms with Crippen molar-refractivity contribution in [3.63, 3.8) is 0 Å². The fourth-order valence-electron chi connectivity index (χ4n) is 3.22. The van der Waals surface area contributed by atoms with Crippen LogP contribution >= 0.6 is 23.8 Å². The molecule has 0 amide bonds. The Morgan fingerprint density at radius 2 is 1.96 bits per heavy atom. The third kappa shape index (κ3) is 3.96. The van der Waals surface area contributed by atoms with Crippen LogP contribution in [0.15, 0.2) is 36.4 Å². The van der Waals surface area contributed by atoms with E-state index in [-0.39, 0.29) is 11.9 Å². The van der Waals surface area contributed by atoms with Gasteiger partial charge in [0.2, 0.25) is 0 Å². The molecule has 25 heavy (non-hydrogen) atoms. The van der Waals surface area contributed by atoms with Crippen molar-refractivity contribution < 1.29 is 4.39 Å². The molecular weight excluding hydrogens is 355 g/mol. The van der Waals surface area contributed by atoms with Gasteiger partial charge in [0, 0.05) is 11.6 Å². The van der Waals surface area contributed by atoms with Gasteiger partial charge in [-0.05, 0) is 69.1 Å². The van der Waals surface area contributed by atoms with Crippen molar-refractivity contribution in [1.82, 2.24) is 4.90 Å². The van der Waals surface area contributed by atoms with Crippen LogP contribution in [-0.4, -0.2) is 16.1 Å². The van der Waals surface area contributed by atoms with E-state index in [1.165, 1.54) is 6.07 Å². The predicted molar refractivity (Wildman–Crippen MR) is 107 cm³/mol. The third-order valence-corrected chi connectivity index (χ3v) is 5.22. The lowest BCUT2D eigenvalue weighted by molar-refractivity contribution is 0.324. The maximum Gasteiger partial charge on any atom is 0.174 e. The standard InChI is InChI=1S/C20H22ClFN2S/c1-12-10-13(2)19(17(21)11-12)23-20(25)24(15-8-9-15)14(3)16-6-4-5-7-18(16)22/h4-7,10-11,14-15H,8-9H2,1-3H3,(H,23,25)/t14-/m1/s1. The lowest BCUT2D eigenvalue weighted by Crippen LogP contribution is -2.39. The zero-order chi connectivity index (χ0) is 18.1. The van der Waals surface area contributed by atoms with Crippen molar-refractivity contribution in [2.24, 2.45) is 0 Å². The molecule has 0 saturated heterocycles. The highest BCUT2D eigenvalue weighted by Crippen LogP contribution is 2.36. The van der Waals surface area contributed by atoms with Gasteiger partial charge in [-0.25, -0.2) is 4.39 Å². The van der Waals surface area contributed by atoms with Crippen molar-refractivity contribution in [3.05, 3.63) is 63.9 Å². The Hall–Kier alpha value is -1.65. The number of thiocarbonyl (C=S) groups is 1. The largest absolute Gasteiger partial charge is 0.339 e. The van der Waals surface area contributed by atoms with Crippen LogP contribution < -0.4 is 5.32 Å². The first kappa shape index (κ1) is 18.2. The van der Waals surface area contributed by atoms with Gasteiger partial charge in [0.25, 0.3) is 0 Å². The second-order valence-corrected chi connectivity index (χ2v) is 7.50. The van der Waals surface area contributed by atoms with Gasteiger partial charge < -0.3 is 10.2 Å². The van der Waals surface area contributed by atoms with E-state index in [4.69, 9.17) is 23.8 Å². The first-order valence-corrected chi connectivity index (χ1v) is 9.27. The van der Waals surface area contributed by atoms with E-state index in [0.717, 1.165) is 29.7 Å². The van der Waals surface area contributed by atoms with Crippen molar-refractivity contribution in [2.45, 2.75) is 45.7 Å². The summed E-state index contributed by atoms with van der Waals surface area (Å²) in [5, 5.41) is 4.54. The lowest BCUT2D eigenvalue weighted by atomic mass is 10.1. The molecule has 0 aliphatic heterocycles. The summed E-state index contributed by atoms with van der Waals surface area (Å²) in [6.07, 6.45) is 2.14. The van der Waals surface area contributed by atoms with Gasteiger partial charge in [0.1, 0.15) is 5.82 Å². The quantitative estimate of drug-likeness (QED) is 0.657. The van der Waals surface area contributed by atoms with Crippen LogP contribution in [0.2, 0.25) is 5.02 Å². The monoisotopic (exact) mass is 376 g/mol. The van der Waals surface area contributed by atoms with E-state index < -0.39 is 0 Å². The van der Waals surface area contributed by atoms with Crippen molar-refractivity contribution in [1.29, 1.82) is 0 Å². The molecule has 3 rings (SSSR count). The van der Waals surface area contributed by atoms with Crippen molar-refractivity contribution in [2.75, 3.05) is 5.32 Å². The number of rotatable bonds is 4. The number of halogens is 2. The van der Waals surface area contributed by atoms with Crippen LogP contribution in [0, 0.1) is 19.7 Å². The van der Waals surface area contributed by atoms with E-state index in [1.54, 1.807) is 6.07 Å². The zero-order valence-electron chi connectivity index (χ0n) is 14.6. The summed E-state index contributed by atoms with van der Waals surface area (Å²) < 4.78 is 14.2. The molecule has 5 heteroatoms. The third-order valence-electron chi connectivity index (χ3n) is 4.61. The first-order chi connectivity index (χ1) is 11.9. The molecule has 132 valence electrons. The Morgan fingerprint density at radius 3 is 2.56 bits per heavy atom. The Bertz CT molecular complexity index is 781. The lowest BCUT2D eigenvalue weighted by Gasteiger charge is -2.33. The molecular formula is C20H22ClFN2S. The number of nitrogens with one attached hydrogen (secondary N) is 1. The van der Waals surface area contributed by atoms with Crippen LogP contribution in [0.3, 0.4) is 0 Å². The van der Waals surface area contributed by atoms with Gasteiger partial charge >= 0.3 is 0 Å². The number of benzene rings is 2. The van der Waals surface area contributed by atoms with E-state index in [1.807, 2.05) is 39.0 Å².